The van der Waals surface area contributed by atoms with Crippen molar-refractivity contribution < 1.29 is 4.74 Å². The molecule has 0 aromatic rings. The molecule has 0 saturated heterocycles. The first-order chi connectivity index (χ1) is 17.0. The Bertz CT molecular complexity index is 575. The van der Waals surface area contributed by atoms with E-state index in [2.05, 4.69) is 45.9 Å². The van der Waals surface area contributed by atoms with Crippen LogP contribution in [0.4, 0.5) is 0 Å². The van der Waals surface area contributed by atoms with E-state index in [0.29, 0.717) is 0 Å². The molecule has 0 N–H and O–H groups in total. The van der Waals surface area contributed by atoms with Gasteiger partial charge in [-0.3, -0.25) is 0 Å². The molecule has 0 heterocycles. The lowest BCUT2D eigenvalue weighted by molar-refractivity contribution is 0.154. The lowest BCUT2D eigenvalue weighted by atomic mass is 9.69. The van der Waals surface area contributed by atoms with E-state index in [1.54, 1.807) is 5.57 Å². The summed E-state index contributed by atoms with van der Waals surface area (Å²) in [6, 6.07) is 0. The number of fused-ring (bicyclic) bond motifs is 1. The third-order valence-corrected chi connectivity index (χ3v) is 9.23. The number of ether oxygens (including phenoxy) is 1. The first-order valence-corrected chi connectivity index (χ1v) is 15.9. The van der Waals surface area contributed by atoms with Crippen molar-refractivity contribution in [2.75, 3.05) is 13.7 Å². The Labute approximate surface area is 221 Å². The molecule has 0 bridgehead atoms. The van der Waals surface area contributed by atoms with Crippen LogP contribution in [0.3, 0.4) is 0 Å². The molecule has 0 aliphatic heterocycles. The van der Waals surface area contributed by atoms with Crippen LogP contribution < -0.4 is 0 Å². The Morgan fingerprint density at radius 2 is 1.57 bits per heavy atom. The summed E-state index contributed by atoms with van der Waals surface area (Å²) in [6.07, 6.45) is 33.2. The van der Waals surface area contributed by atoms with Gasteiger partial charge in [0.15, 0.2) is 0 Å². The first kappa shape index (κ1) is 30.7. The maximum Gasteiger partial charge on any atom is 0.0487 e. The molecule has 0 radical (unpaired) electrons. The van der Waals surface area contributed by atoms with Gasteiger partial charge in [-0.25, -0.2) is 0 Å². The van der Waals surface area contributed by atoms with E-state index in [0.717, 1.165) is 42.1 Å². The highest BCUT2D eigenvalue weighted by Gasteiger charge is 2.29. The van der Waals surface area contributed by atoms with E-state index in [9.17, 15) is 0 Å². The Morgan fingerprint density at radius 3 is 2.31 bits per heavy atom. The van der Waals surface area contributed by atoms with Crippen LogP contribution >= 0.6 is 0 Å². The number of rotatable bonds is 20. The molecule has 6 atom stereocenters. The van der Waals surface area contributed by atoms with Crippen molar-refractivity contribution in [1.82, 2.24) is 0 Å². The lowest BCUT2D eigenvalue weighted by Gasteiger charge is -2.36. The molecule has 35 heavy (non-hydrogen) atoms. The van der Waals surface area contributed by atoms with Gasteiger partial charge in [0.2, 0.25) is 0 Å². The summed E-state index contributed by atoms with van der Waals surface area (Å²) >= 11 is 0. The largest absolute Gasteiger partial charge is 0.384 e. The topological polar surface area (TPSA) is 9.23 Å². The molecule has 1 heteroatoms. The molecule has 2 aliphatic carbocycles. The predicted octanol–water partition coefficient (Wildman–Crippen LogP) is 10.9. The Morgan fingerprint density at radius 1 is 0.800 bits per heavy atom. The molecule has 0 spiro atoms. The molecular formula is C34H62O. The first-order valence-electron chi connectivity index (χ1n) is 15.9. The highest BCUT2D eigenvalue weighted by atomic mass is 16.5. The molecule has 0 aromatic carbocycles. The van der Waals surface area contributed by atoms with Crippen molar-refractivity contribution in [3.05, 3.63) is 23.8 Å². The lowest BCUT2D eigenvalue weighted by Crippen LogP contribution is -2.24. The number of allylic oxidation sites excluding steroid dienone is 4. The Hall–Kier alpha value is -0.560. The van der Waals surface area contributed by atoms with Crippen LogP contribution in [-0.4, -0.2) is 13.7 Å². The molecule has 1 nitrogen and oxygen atoms in total. The SMILES string of the molecule is CCCCCC1=CC2CCC(CCC(CCCC)CCC(C)CCCCC(C)COC)CC2C=C1. The van der Waals surface area contributed by atoms with Crippen molar-refractivity contribution in [2.24, 2.45) is 35.5 Å². The van der Waals surface area contributed by atoms with Gasteiger partial charge >= 0.3 is 0 Å². The van der Waals surface area contributed by atoms with Gasteiger partial charge in [-0.15, -0.1) is 0 Å². The number of hydrogen-bond acceptors (Lipinski definition) is 1. The second-order valence-corrected chi connectivity index (χ2v) is 12.7. The van der Waals surface area contributed by atoms with Gasteiger partial charge in [-0.05, 0) is 74.0 Å². The van der Waals surface area contributed by atoms with Crippen molar-refractivity contribution in [1.29, 1.82) is 0 Å². The van der Waals surface area contributed by atoms with Crippen LogP contribution in [-0.2, 0) is 4.74 Å². The standard InChI is InChI=1S/C34H62O/c1-6-8-10-16-31-21-23-34-26-32(22-24-33(34)25-31)20-19-30(15-9-7-2)18-17-28(3)13-11-12-14-29(4)27-35-5/h21,23,25,28-30,32-34H,6-20,22,24,26-27H2,1-5H3. The average molecular weight is 487 g/mol. The minimum absolute atomic E-state index is 0.719. The highest BCUT2D eigenvalue weighted by Crippen LogP contribution is 2.41. The average Bonchev–Trinajstić information content (AvgIpc) is 2.86. The van der Waals surface area contributed by atoms with Gasteiger partial charge in [0.25, 0.3) is 0 Å². The zero-order valence-corrected chi connectivity index (χ0v) is 24.5. The summed E-state index contributed by atoms with van der Waals surface area (Å²) in [5.74, 6) is 5.26. The summed E-state index contributed by atoms with van der Waals surface area (Å²) in [4.78, 5) is 0. The van der Waals surface area contributed by atoms with E-state index < -0.39 is 0 Å². The van der Waals surface area contributed by atoms with Crippen LogP contribution in [0.25, 0.3) is 0 Å². The maximum absolute atomic E-state index is 5.29. The van der Waals surface area contributed by atoms with E-state index >= 15 is 0 Å². The maximum atomic E-state index is 5.29. The smallest absolute Gasteiger partial charge is 0.0487 e. The van der Waals surface area contributed by atoms with Crippen LogP contribution in [0, 0.1) is 35.5 Å². The monoisotopic (exact) mass is 486 g/mol. The van der Waals surface area contributed by atoms with Gasteiger partial charge in [0, 0.05) is 13.7 Å². The Balaban J connectivity index is 1.67. The van der Waals surface area contributed by atoms with E-state index in [1.807, 2.05) is 7.11 Å². The summed E-state index contributed by atoms with van der Waals surface area (Å²) in [5.41, 5.74) is 1.64. The fourth-order valence-electron chi connectivity index (χ4n) is 6.75. The summed E-state index contributed by atoms with van der Waals surface area (Å²) in [5, 5.41) is 0. The van der Waals surface area contributed by atoms with Crippen LogP contribution in [0.5, 0.6) is 0 Å². The van der Waals surface area contributed by atoms with E-state index in [1.165, 1.54) is 116 Å². The van der Waals surface area contributed by atoms with E-state index in [4.69, 9.17) is 4.74 Å². The van der Waals surface area contributed by atoms with Crippen LogP contribution in [0.1, 0.15) is 143 Å². The fourth-order valence-corrected chi connectivity index (χ4v) is 6.75. The number of methoxy groups -OCH3 is 1. The van der Waals surface area contributed by atoms with E-state index in [-0.39, 0.29) is 0 Å². The zero-order chi connectivity index (χ0) is 25.3. The second kappa shape index (κ2) is 18.6. The molecule has 6 unspecified atom stereocenters. The second-order valence-electron chi connectivity index (χ2n) is 12.7. The molecule has 0 amide bonds. The normalized spacial score (nSPS) is 24.6. The van der Waals surface area contributed by atoms with Crippen molar-refractivity contribution in [2.45, 2.75) is 143 Å². The number of unbranched alkanes of at least 4 members (excludes halogenated alkanes) is 4. The molecule has 2 rings (SSSR count). The van der Waals surface area contributed by atoms with Crippen LogP contribution in [0.2, 0.25) is 0 Å². The molecule has 1 saturated carbocycles. The minimum Gasteiger partial charge on any atom is -0.384 e. The third-order valence-electron chi connectivity index (χ3n) is 9.23. The van der Waals surface area contributed by atoms with Crippen molar-refractivity contribution in [3.63, 3.8) is 0 Å². The summed E-state index contributed by atoms with van der Waals surface area (Å²) in [6.45, 7) is 10.4. The fraction of sp³-hybridized carbons (Fsp3) is 0.882. The van der Waals surface area contributed by atoms with Gasteiger partial charge in [0.1, 0.15) is 0 Å². The minimum atomic E-state index is 0.719. The highest BCUT2D eigenvalue weighted by molar-refractivity contribution is 5.26. The quantitative estimate of drug-likeness (QED) is 0.155. The molecule has 2 aliphatic rings. The molecule has 204 valence electrons. The summed E-state index contributed by atoms with van der Waals surface area (Å²) < 4.78 is 5.29. The third kappa shape index (κ3) is 13.0. The Kier molecular flexibility index (Phi) is 16.3. The van der Waals surface area contributed by atoms with Gasteiger partial charge < -0.3 is 4.74 Å². The van der Waals surface area contributed by atoms with Crippen LogP contribution in [0.15, 0.2) is 23.8 Å². The zero-order valence-electron chi connectivity index (χ0n) is 24.5. The van der Waals surface area contributed by atoms with Crippen molar-refractivity contribution >= 4 is 0 Å². The molecular weight excluding hydrogens is 424 g/mol. The number of hydrogen-bond donors (Lipinski definition) is 0. The van der Waals surface area contributed by atoms with Gasteiger partial charge in [0.05, 0.1) is 0 Å². The summed E-state index contributed by atoms with van der Waals surface area (Å²) in [7, 11) is 1.83. The van der Waals surface area contributed by atoms with Gasteiger partial charge in [-0.1, -0.05) is 129 Å². The molecule has 0 aromatic heterocycles. The predicted molar refractivity (Wildman–Crippen MR) is 156 cm³/mol. The van der Waals surface area contributed by atoms with Gasteiger partial charge in [-0.2, -0.15) is 0 Å². The van der Waals surface area contributed by atoms with Crippen molar-refractivity contribution in [3.8, 4) is 0 Å². The molecule has 1 fully saturated rings.